The summed E-state index contributed by atoms with van der Waals surface area (Å²) in [6.45, 7) is 5.05. The molecule has 0 aliphatic heterocycles. The van der Waals surface area contributed by atoms with Gasteiger partial charge in [0.05, 0.1) is 0 Å². The molecule has 5 N–H and O–H groups in total. The quantitative estimate of drug-likeness (QED) is 0.267. The molecular weight excluding hydrogens is 192 g/mol. The van der Waals surface area contributed by atoms with Crippen LogP contribution >= 0.6 is 0 Å². The van der Waals surface area contributed by atoms with E-state index in [1.165, 1.54) is 0 Å². The summed E-state index contributed by atoms with van der Waals surface area (Å²) in [7, 11) is 0. The molecule has 0 unspecified atom stereocenters. The highest BCUT2D eigenvalue weighted by molar-refractivity contribution is 5.75. The van der Waals surface area contributed by atoms with Crippen LogP contribution in [0.15, 0.2) is 0 Å². The van der Waals surface area contributed by atoms with E-state index in [0.29, 0.717) is 19.5 Å². The van der Waals surface area contributed by atoms with E-state index >= 15 is 0 Å². The van der Waals surface area contributed by atoms with Gasteiger partial charge in [-0.15, -0.1) is 0 Å². The molecule has 0 aromatic carbocycles. The van der Waals surface area contributed by atoms with Gasteiger partial charge in [-0.2, -0.15) is 0 Å². The molecule has 0 spiro atoms. The van der Waals surface area contributed by atoms with Crippen molar-refractivity contribution in [3.8, 4) is 0 Å². The Morgan fingerprint density at radius 2 is 1.80 bits per heavy atom. The number of guanidine groups is 1. The molecule has 5 heteroatoms. The summed E-state index contributed by atoms with van der Waals surface area (Å²) < 4.78 is 0. The van der Waals surface area contributed by atoms with Crippen molar-refractivity contribution in [3.63, 3.8) is 0 Å². The maximum absolute atomic E-state index is 11.1. The Bertz CT molecular complexity index is 194. The molecule has 1 amide bonds. The molecule has 0 aromatic rings. The van der Waals surface area contributed by atoms with Crippen LogP contribution in [-0.4, -0.2) is 25.0 Å². The van der Waals surface area contributed by atoms with Crippen molar-refractivity contribution < 1.29 is 4.79 Å². The molecule has 0 heterocycles. The monoisotopic (exact) mass is 213 g/mol. The zero-order chi connectivity index (χ0) is 11.5. The van der Waals surface area contributed by atoms with E-state index in [2.05, 4.69) is 17.6 Å². The molecule has 0 aliphatic rings. The van der Waals surface area contributed by atoms with Gasteiger partial charge in [-0.25, -0.2) is 0 Å². The highest BCUT2D eigenvalue weighted by atomic mass is 16.1. The second-order valence-electron chi connectivity index (χ2n) is 3.35. The van der Waals surface area contributed by atoms with Gasteiger partial charge in [0.25, 0.3) is 0 Å². The Hall–Kier alpha value is -1.26. The average Bonchev–Trinajstić information content (AvgIpc) is 2.19. The lowest BCUT2D eigenvalue weighted by Crippen LogP contribution is -2.31. The molecule has 0 rings (SSSR count). The van der Waals surface area contributed by atoms with E-state index in [-0.39, 0.29) is 11.9 Å². The third kappa shape index (κ3) is 10.7. The largest absolute Gasteiger partial charge is 0.370 e. The fourth-order valence-electron chi connectivity index (χ4n) is 1.07. The predicted molar refractivity (Wildman–Crippen MR) is 61.4 cm³/mol. The number of nitrogens with two attached hydrogens (primary N) is 1. The Balaban J connectivity index is 3.16. The van der Waals surface area contributed by atoms with Crippen LogP contribution in [0.2, 0.25) is 0 Å². The third-order valence-corrected chi connectivity index (χ3v) is 1.90. The number of unbranched alkanes of at least 4 members (excludes halogenated alkanes) is 2. The van der Waals surface area contributed by atoms with Crippen LogP contribution in [0.25, 0.3) is 0 Å². The van der Waals surface area contributed by atoms with Crippen LogP contribution in [0.1, 0.15) is 32.1 Å². The smallest absolute Gasteiger partial charge is 0.219 e. The molecule has 0 fully saturated rings. The standard InChI is InChI=1S/C10H21N4O/c1-2-3-6-9(15)13-7-4-5-8-14-10(11)12/h1-8H2,(H,13,15)(H4,11,12,14). The van der Waals surface area contributed by atoms with Gasteiger partial charge >= 0.3 is 0 Å². The van der Waals surface area contributed by atoms with Gasteiger partial charge in [-0.3, -0.25) is 10.2 Å². The first-order chi connectivity index (χ1) is 7.16. The molecule has 0 aliphatic carbocycles. The van der Waals surface area contributed by atoms with E-state index in [0.717, 1.165) is 25.7 Å². The zero-order valence-electron chi connectivity index (χ0n) is 9.14. The SMILES string of the molecule is [CH2]CCCC(=O)NCCCCNC(=N)N. The fraction of sp³-hybridized carbons (Fsp3) is 0.700. The minimum atomic E-state index is -0.00511. The minimum Gasteiger partial charge on any atom is -0.370 e. The number of nitrogens with one attached hydrogen (secondary N) is 3. The van der Waals surface area contributed by atoms with Crippen molar-refractivity contribution in [2.24, 2.45) is 5.73 Å². The number of amides is 1. The Labute approximate surface area is 91.3 Å². The van der Waals surface area contributed by atoms with Crippen LogP contribution in [0.4, 0.5) is 0 Å². The third-order valence-electron chi connectivity index (χ3n) is 1.90. The number of carbonyl (C=O) groups excluding carboxylic acids is 1. The van der Waals surface area contributed by atoms with Gasteiger partial charge in [-0.1, -0.05) is 13.3 Å². The molecule has 0 bridgehead atoms. The van der Waals surface area contributed by atoms with Crippen molar-refractivity contribution in [2.75, 3.05) is 13.1 Å². The first-order valence-corrected chi connectivity index (χ1v) is 5.30. The van der Waals surface area contributed by atoms with Crippen LogP contribution in [0.3, 0.4) is 0 Å². The Morgan fingerprint density at radius 3 is 2.33 bits per heavy atom. The van der Waals surface area contributed by atoms with Gasteiger partial charge in [0.15, 0.2) is 5.96 Å². The summed E-state index contributed by atoms with van der Waals surface area (Å²) >= 11 is 0. The zero-order valence-corrected chi connectivity index (χ0v) is 9.14. The Kier molecular flexibility index (Phi) is 8.52. The lowest BCUT2D eigenvalue weighted by atomic mass is 10.2. The maximum Gasteiger partial charge on any atom is 0.219 e. The van der Waals surface area contributed by atoms with Crippen molar-refractivity contribution in [1.82, 2.24) is 10.6 Å². The Morgan fingerprint density at radius 1 is 1.20 bits per heavy atom. The van der Waals surface area contributed by atoms with Crippen molar-refractivity contribution >= 4 is 11.9 Å². The lowest BCUT2D eigenvalue weighted by molar-refractivity contribution is -0.121. The van der Waals surface area contributed by atoms with E-state index in [1.54, 1.807) is 0 Å². The maximum atomic E-state index is 11.1. The molecule has 0 saturated heterocycles. The molecular formula is C10H21N4O. The first-order valence-electron chi connectivity index (χ1n) is 5.30. The van der Waals surface area contributed by atoms with Crippen LogP contribution in [0.5, 0.6) is 0 Å². The van der Waals surface area contributed by atoms with Gasteiger partial charge in [-0.05, 0) is 19.3 Å². The summed E-state index contributed by atoms with van der Waals surface area (Å²) in [4.78, 5) is 11.1. The fourth-order valence-corrected chi connectivity index (χ4v) is 1.07. The lowest BCUT2D eigenvalue weighted by Gasteiger charge is -2.05. The predicted octanol–water partition coefficient (Wildman–Crippen LogP) is 0.370. The molecule has 5 nitrogen and oxygen atoms in total. The van der Waals surface area contributed by atoms with Crippen LogP contribution in [-0.2, 0) is 4.79 Å². The molecule has 1 radical (unpaired) electrons. The summed E-state index contributed by atoms with van der Waals surface area (Å²) in [5, 5.41) is 12.4. The molecule has 0 atom stereocenters. The molecule has 15 heavy (non-hydrogen) atoms. The van der Waals surface area contributed by atoms with Crippen molar-refractivity contribution in [1.29, 1.82) is 5.41 Å². The molecule has 87 valence electrons. The van der Waals surface area contributed by atoms with Crippen LogP contribution < -0.4 is 16.4 Å². The van der Waals surface area contributed by atoms with E-state index in [1.807, 2.05) is 0 Å². The average molecular weight is 213 g/mol. The van der Waals surface area contributed by atoms with Gasteiger partial charge in [0, 0.05) is 19.5 Å². The number of carbonyl (C=O) groups is 1. The number of hydrogen-bond acceptors (Lipinski definition) is 2. The first kappa shape index (κ1) is 13.7. The van der Waals surface area contributed by atoms with E-state index in [9.17, 15) is 4.79 Å². The van der Waals surface area contributed by atoms with Crippen molar-refractivity contribution in [2.45, 2.75) is 32.1 Å². The summed E-state index contributed by atoms with van der Waals surface area (Å²) in [5.41, 5.74) is 5.11. The van der Waals surface area contributed by atoms with Gasteiger partial charge in [0.2, 0.25) is 5.91 Å². The number of hydrogen-bond donors (Lipinski definition) is 4. The molecule has 0 aromatic heterocycles. The van der Waals surface area contributed by atoms with Crippen molar-refractivity contribution in [3.05, 3.63) is 6.92 Å². The topological polar surface area (TPSA) is 91.0 Å². The second kappa shape index (κ2) is 9.30. The highest BCUT2D eigenvalue weighted by Crippen LogP contribution is 1.93. The number of rotatable bonds is 8. The normalized spacial score (nSPS) is 9.67. The summed E-state index contributed by atoms with van der Waals surface area (Å²) in [6.07, 6.45) is 4.01. The second-order valence-corrected chi connectivity index (χ2v) is 3.35. The summed E-state index contributed by atoms with van der Waals surface area (Å²) in [5.74, 6) is 0.0904. The summed E-state index contributed by atoms with van der Waals surface area (Å²) in [6, 6.07) is 0. The van der Waals surface area contributed by atoms with Gasteiger partial charge in [0.1, 0.15) is 0 Å². The van der Waals surface area contributed by atoms with E-state index < -0.39 is 0 Å². The van der Waals surface area contributed by atoms with Gasteiger partial charge < -0.3 is 16.4 Å². The van der Waals surface area contributed by atoms with Crippen LogP contribution in [0, 0.1) is 12.3 Å². The highest BCUT2D eigenvalue weighted by Gasteiger charge is 1.98. The molecule has 0 saturated carbocycles. The minimum absolute atomic E-state index is 0.00511. The van der Waals surface area contributed by atoms with E-state index in [4.69, 9.17) is 11.1 Å².